The first kappa shape index (κ1) is 14.8. The average molecular weight is 288 g/mol. The van der Waals surface area contributed by atoms with E-state index in [4.69, 9.17) is 11.0 Å². The number of nitro groups is 1. The molecule has 0 spiro atoms. The summed E-state index contributed by atoms with van der Waals surface area (Å²) in [6.07, 6.45) is 3.45. The molecule has 1 aromatic carbocycles. The Morgan fingerprint density at radius 1 is 1.43 bits per heavy atom. The van der Waals surface area contributed by atoms with Gasteiger partial charge in [-0.3, -0.25) is 14.9 Å². The Morgan fingerprint density at radius 2 is 2.14 bits per heavy atom. The molecule has 1 aliphatic carbocycles. The summed E-state index contributed by atoms with van der Waals surface area (Å²) in [5.74, 6) is -0.631. The third-order valence-electron chi connectivity index (χ3n) is 3.81. The van der Waals surface area contributed by atoms with E-state index in [1.54, 1.807) is 0 Å². The number of anilines is 1. The van der Waals surface area contributed by atoms with Gasteiger partial charge in [0.2, 0.25) is 5.91 Å². The van der Waals surface area contributed by atoms with Crippen LogP contribution in [-0.2, 0) is 4.79 Å². The summed E-state index contributed by atoms with van der Waals surface area (Å²) in [7, 11) is 0. The van der Waals surface area contributed by atoms with Gasteiger partial charge in [-0.2, -0.15) is 5.26 Å². The lowest BCUT2D eigenvalue weighted by atomic mass is 9.84. The Balaban J connectivity index is 2.24. The zero-order valence-corrected chi connectivity index (χ0v) is 11.4. The first-order valence-corrected chi connectivity index (χ1v) is 6.77. The number of benzene rings is 1. The van der Waals surface area contributed by atoms with Crippen molar-refractivity contribution in [1.82, 2.24) is 0 Å². The molecule has 1 amide bonds. The average Bonchev–Trinajstić information content (AvgIpc) is 2.47. The fourth-order valence-corrected chi connectivity index (χ4v) is 2.71. The Labute approximate surface area is 121 Å². The summed E-state index contributed by atoms with van der Waals surface area (Å²) in [6.45, 7) is 0. The van der Waals surface area contributed by atoms with E-state index in [0.29, 0.717) is 5.69 Å². The highest BCUT2D eigenvalue weighted by molar-refractivity contribution is 5.78. The molecule has 0 bridgehead atoms. The number of hydrogen-bond donors (Lipinski definition) is 2. The minimum atomic E-state index is -0.544. The van der Waals surface area contributed by atoms with Crippen LogP contribution in [0.3, 0.4) is 0 Å². The van der Waals surface area contributed by atoms with Crippen LogP contribution in [0.5, 0.6) is 0 Å². The summed E-state index contributed by atoms with van der Waals surface area (Å²) in [6, 6.07) is 5.88. The van der Waals surface area contributed by atoms with Crippen LogP contribution in [-0.4, -0.2) is 16.9 Å². The molecular weight excluding hydrogens is 272 g/mol. The van der Waals surface area contributed by atoms with E-state index in [0.717, 1.165) is 25.7 Å². The Bertz CT molecular complexity index is 609. The van der Waals surface area contributed by atoms with E-state index in [2.05, 4.69) is 5.32 Å². The van der Waals surface area contributed by atoms with Crippen LogP contribution in [0.25, 0.3) is 0 Å². The number of non-ortho nitro benzene ring substituents is 1. The van der Waals surface area contributed by atoms with Gasteiger partial charge in [0.05, 0.1) is 22.1 Å². The van der Waals surface area contributed by atoms with Crippen LogP contribution >= 0.6 is 0 Å². The highest BCUT2D eigenvalue weighted by Crippen LogP contribution is 2.29. The van der Waals surface area contributed by atoms with Gasteiger partial charge in [-0.15, -0.1) is 0 Å². The summed E-state index contributed by atoms with van der Waals surface area (Å²) in [5.41, 5.74) is 5.97. The molecule has 0 saturated heterocycles. The maximum atomic E-state index is 11.5. The predicted octanol–water partition coefficient (Wildman–Crippen LogP) is 1.92. The van der Waals surface area contributed by atoms with Crippen molar-refractivity contribution in [2.75, 3.05) is 5.32 Å². The lowest BCUT2D eigenvalue weighted by Gasteiger charge is -2.31. The topological polar surface area (TPSA) is 122 Å². The predicted molar refractivity (Wildman–Crippen MR) is 76.4 cm³/mol. The summed E-state index contributed by atoms with van der Waals surface area (Å²) in [5, 5.41) is 23.0. The Morgan fingerprint density at radius 3 is 2.76 bits per heavy atom. The summed E-state index contributed by atoms with van der Waals surface area (Å²) in [4.78, 5) is 21.7. The van der Waals surface area contributed by atoms with Crippen LogP contribution < -0.4 is 11.1 Å². The van der Waals surface area contributed by atoms with Crippen LogP contribution in [0.1, 0.15) is 31.2 Å². The van der Waals surface area contributed by atoms with E-state index in [1.807, 2.05) is 6.07 Å². The molecule has 0 aromatic heterocycles. The van der Waals surface area contributed by atoms with Crippen molar-refractivity contribution < 1.29 is 9.72 Å². The first-order chi connectivity index (χ1) is 10.0. The second-order valence-corrected chi connectivity index (χ2v) is 5.14. The smallest absolute Gasteiger partial charge is 0.270 e. The molecule has 2 rings (SSSR count). The summed E-state index contributed by atoms with van der Waals surface area (Å²) >= 11 is 0. The number of carbonyl (C=O) groups excluding carboxylic acids is 1. The van der Waals surface area contributed by atoms with Gasteiger partial charge >= 0.3 is 0 Å². The van der Waals surface area contributed by atoms with Gasteiger partial charge in [0.1, 0.15) is 6.07 Å². The number of nitrogens with two attached hydrogens (primary N) is 1. The molecular formula is C14H16N4O3. The fourth-order valence-electron chi connectivity index (χ4n) is 2.71. The van der Waals surface area contributed by atoms with Crippen molar-refractivity contribution in [3.05, 3.63) is 33.9 Å². The molecule has 2 atom stereocenters. The SMILES string of the molecule is N#Cc1cc([N+](=O)[O-])ccc1NC1CCCCC1C(N)=O. The van der Waals surface area contributed by atoms with Crippen LogP contribution in [0, 0.1) is 27.4 Å². The maximum absolute atomic E-state index is 11.5. The highest BCUT2D eigenvalue weighted by Gasteiger charge is 2.29. The van der Waals surface area contributed by atoms with Crippen LogP contribution in [0.2, 0.25) is 0 Å². The second-order valence-electron chi connectivity index (χ2n) is 5.14. The quantitative estimate of drug-likeness (QED) is 0.647. The number of hydrogen-bond acceptors (Lipinski definition) is 5. The van der Waals surface area contributed by atoms with Crippen molar-refractivity contribution in [2.24, 2.45) is 11.7 Å². The maximum Gasteiger partial charge on any atom is 0.270 e. The van der Waals surface area contributed by atoms with Crippen LogP contribution in [0.4, 0.5) is 11.4 Å². The number of amides is 1. The van der Waals surface area contributed by atoms with Gasteiger partial charge < -0.3 is 11.1 Å². The number of nitrogens with one attached hydrogen (secondary N) is 1. The molecule has 0 aliphatic heterocycles. The van der Waals surface area contributed by atoms with Crippen molar-refractivity contribution in [3.8, 4) is 6.07 Å². The van der Waals surface area contributed by atoms with Gasteiger partial charge in [0, 0.05) is 18.2 Å². The van der Waals surface area contributed by atoms with Crippen molar-refractivity contribution in [2.45, 2.75) is 31.7 Å². The normalized spacial score (nSPS) is 21.3. The molecule has 2 unspecified atom stereocenters. The molecule has 21 heavy (non-hydrogen) atoms. The van der Waals surface area contributed by atoms with E-state index < -0.39 is 4.92 Å². The zero-order valence-electron chi connectivity index (χ0n) is 11.4. The van der Waals surface area contributed by atoms with Gasteiger partial charge in [-0.25, -0.2) is 0 Å². The number of primary amides is 1. The number of nitro benzene ring substituents is 1. The van der Waals surface area contributed by atoms with E-state index in [1.165, 1.54) is 18.2 Å². The van der Waals surface area contributed by atoms with Crippen molar-refractivity contribution in [3.63, 3.8) is 0 Å². The Kier molecular flexibility index (Phi) is 4.38. The lowest BCUT2D eigenvalue weighted by Crippen LogP contribution is -2.40. The molecule has 1 fully saturated rings. The lowest BCUT2D eigenvalue weighted by molar-refractivity contribution is -0.384. The van der Waals surface area contributed by atoms with Gasteiger partial charge in [0.15, 0.2) is 0 Å². The number of nitriles is 1. The Hall–Kier alpha value is -2.62. The minimum absolute atomic E-state index is 0.132. The monoisotopic (exact) mass is 288 g/mol. The molecule has 3 N–H and O–H groups in total. The fraction of sp³-hybridized carbons (Fsp3) is 0.429. The number of rotatable bonds is 4. The standard InChI is InChI=1S/C14H16N4O3/c15-8-9-7-10(18(20)21)5-6-12(9)17-13-4-2-1-3-11(13)14(16)19/h5-7,11,13,17H,1-4H2,(H2,16,19). The van der Waals surface area contributed by atoms with Crippen LogP contribution in [0.15, 0.2) is 18.2 Å². The minimum Gasteiger partial charge on any atom is -0.380 e. The highest BCUT2D eigenvalue weighted by atomic mass is 16.6. The molecule has 0 heterocycles. The molecule has 110 valence electrons. The largest absolute Gasteiger partial charge is 0.380 e. The second kappa shape index (κ2) is 6.22. The van der Waals surface area contributed by atoms with Gasteiger partial charge in [-0.1, -0.05) is 12.8 Å². The first-order valence-electron chi connectivity index (χ1n) is 6.77. The molecule has 7 nitrogen and oxygen atoms in total. The number of carbonyl (C=O) groups is 1. The number of nitrogens with zero attached hydrogens (tertiary/aromatic N) is 2. The van der Waals surface area contributed by atoms with Crippen molar-refractivity contribution in [1.29, 1.82) is 5.26 Å². The van der Waals surface area contributed by atoms with Gasteiger partial charge in [-0.05, 0) is 18.9 Å². The molecule has 7 heteroatoms. The molecule has 1 aromatic rings. The molecule has 1 aliphatic rings. The zero-order chi connectivity index (χ0) is 15.4. The molecule has 0 radical (unpaired) electrons. The van der Waals surface area contributed by atoms with E-state index in [9.17, 15) is 14.9 Å². The van der Waals surface area contributed by atoms with E-state index in [-0.39, 0.29) is 29.1 Å². The summed E-state index contributed by atoms with van der Waals surface area (Å²) < 4.78 is 0. The third kappa shape index (κ3) is 3.28. The van der Waals surface area contributed by atoms with E-state index >= 15 is 0 Å². The third-order valence-corrected chi connectivity index (χ3v) is 3.81. The van der Waals surface area contributed by atoms with Crippen molar-refractivity contribution >= 4 is 17.3 Å². The molecule has 1 saturated carbocycles. The van der Waals surface area contributed by atoms with Gasteiger partial charge in [0.25, 0.3) is 5.69 Å².